The molecule has 0 atom stereocenters. The van der Waals surface area contributed by atoms with Crippen LogP contribution in [0.25, 0.3) is 11.6 Å². The van der Waals surface area contributed by atoms with Crippen molar-refractivity contribution in [1.82, 2.24) is 10.1 Å². The molecule has 1 aliphatic rings. The summed E-state index contributed by atoms with van der Waals surface area (Å²) in [4.78, 5) is 4.38. The van der Waals surface area contributed by atoms with Gasteiger partial charge in [0.15, 0.2) is 5.82 Å². The fourth-order valence-corrected chi connectivity index (χ4v) is 2.73. The summed E-state index contributed by atoms with van der Waals surface area (Å²) in [5.74, 6) is 0.708. The Morgan fingerprint density at radius 1 is 1.38 bits per heavy atom. The summed E-state index contributed by atoms with van der Waals surface area (Å²) in [6.45, 7) is 1.88. The minimum Gasteiger partial charge on any atom is -0.335 e. The Bertz CT molecular complexity index is 672. The molecule has 4 nitrogen and oxygen atoms in total. The van der Waals surface area contributed by atoms with Crippen molar-refractivity contribution >= 4 is 11.6 Å². The van der Waals surface area contributed by atoms with Crippen LogP contribution in [0.3, 0.4) is 0 Å². The van der Waals surface area contributed by atoms with E-state index in [9.17, 15) is 4.39 Å². The van der Waals surface area contributed by atoms with E-state index in [1.165, 1.54) is 12.1 Å². The Morgan fingerprint density at radius 3 is 2.86 bits per heavy atom. The summed E-state index contributed by atoms with van der Waals surface area (Å²) in [7, 11) is 0. The van der Waals surface area contributed by atoms with E-state index < -0.39 is 5.54 Å². The van der Waals surface area contributed by atoms with Gasteiger partial charge in [0, 0.05) is 6.08 Å². The molecule has 110 valence electrons. The molecule has 2 N–H and O–H groups in total. The molecule has 0 unspecified atom stereocenters. The van der Waals surface area contributed by atoms with Gasteiger partial charge in [0.25, 0.3) is 5.89 Å². The van der Waals surface area contributed by atoms with Crippen LogP contribution >= 0.6 is 0 Å². The summed E-state index contributed by atoms with van der Waals surface area (Å²) in [6.07, 6.45) is 5.72. The monoisotopic (exact) mass is 287 g/mol. The van der Waals surface area contributed by atoms with Gasteiger partial charge in [0.2, 0.25) is 0 Å². The first kappa shape index (κ1) is 13.9. The van der Waals surface area contributed by atoms with Crippen molar-refractivity contribution in [2.75, 3.05) is 0 Å². The number of halogens is 1. The summed E-state index contributed by atoms with van der Waals surface area (Å²) in [5, 5.41) is 4.00. The van der Waals surface area contributed by atoms with Gasteiger partial charge in [-0.05, 0) is 43.0 Å². The Hall–Kier alpha value is -2.01. The van der Waals surface area contributed by atoms with Gasteiger partial charge in [0.05, 0.1) is 5.54 Å². The molecule has 21 heavy (non-hydrogen) atoms. The first-order chi connectivity index (χ1) is 10.1. The molecule has 1 saturated carbocycles. The smallest absolute Gasteiger partial charge is 0.250 e. The molecule has 2 aromatic rings. The van der Waals surface area contributed by atoms with E-state index in [-0.39, 0.29) is 5.82 Å². The fourth-order valence-electron chi connectivity index (χ4n) is 2.73. The number of hydrogen-bond donors (Lipinski definition) is 1. The lowest BCUT2D eigenvalue weighted by molar-refractivity contribution is 0.364. The van der Waals surface area contributed by atoms with Gasteiger partial charge in [-0.15, -0.1) is 0 Å². The normalized spacial score (nSPS) is 18.1. The Labute approximate surface area is 122 Å². The fraction of sp³-hybridized carbons (Fsp3) is 0.375. The summed E-state index contributed by atoms with van der Waals surface area (Å²) in [6, 6.07) is 6.41. The van der Waals surface area contributed by atoms with E-state index in [2.05, 4.69) is 10.1 Å². The minimum atomic E-state index is -0.456. The van der Waals surface area contributed by atoms with Crippen LogP contribution in [-0.2, 0) is 5.54 Å². The highest BCUT2D eigenvalue weighted by Gasteiger charge is 2.35. The van der Waals surface area contributed by atoms with Crippen molar-refractivity contribution in [3.05, 3.63) is 47.4 Å². The maximum Gasteiger partial charge on any atom is 0.250 e. The van der Waals surface area contributed by atoms with Crippen LogP contribution in [0.5, 0.6) is 0 Å². The van der Waals surface area contributed by atoms with E-state index in [0.29, 0.717) is 11.7 Å². The lowest BCUT2D eigenvalue weighted by Gasteiger charge is -2.17. The third-order valence-electron chi connectivity index (χ3n) is 4.00. The van der Waals surface area contributed by atoms with Gasteiger partial charge in [-0.25, -0.2) is 4.39 Å². The van der Waals surface area contributed by atoms with E-state index >= 15 is 0 Å². The number of nitrogens with zero attached hydrogens (tertiary/aromatic N) is 2. The lowest BCUT2D eigenvalue weighted by Crippen LogP contribution is -2.34. The average Bonchev–Trinajstić information content (AvgIpc) is 3.09. The third kappa shape index (κ3) is 2.88. The zero-order valence-electron chi connectivity index (χ0n) is 12.0. The number of aromatic nitrogens is 2. The van der Waals surface area contributed by atoms with Crippen molar-refractivity contribution < 1.29 is 8.91 Å². The van der Waals surface area contributed by atoms with Crippen LogP contribution in [0, 0.1) is 5.82 Å². The van der Waals surface area contributed by atoms with Crippen LogP contribution in [0.1, 0.15) is 49.9 Å². The SMILES string of the molecule is C/C(=C/c1nc(C2(N)CCCC2)no1)c1cccc(F)c1. The number of rotatable bonds is 3. The van der Waals surface area contributed by atoms with Gasteiger partial charge in [0.1, 0.15) is 5.82 Å². The van der Waals surface area contributed by atoms with E-state index in [1.807, 2.05) is 13.0 Å². The molecule has 3 rings (SSSR count). The van der Waals surface area contributed by atoms with Crippen molar-refractivity contribution in [3.63, 3.8) is 0 Å². The molecule has 0 amide bonds. The Kier molecular flexibility index (Phi) is 3.59. The molecular weight excluding hydrogens is 269 g/mol. The molecule has 0 saturated heterocycles. The lowest BCUT2D eigenvalue weighted by atomic mass is 9.99. The van der Waals surface area contributed by atoms with Crippen molar-refractivity contribution in [1.29, 1.82) is 0 Å². The molecule has 0 radical (unpaired) electrons. The second-order valence-electron chi connectivity index (χ2n) is 5.66. The summed E-state index contributed by atoms with van der Waals surface area (Å²) in [5.41, 5.74) is 7.50. The van der Waals surface area contributed by atoms with Gasteiger partial charge in [-0.2, -0.15) is 4.98 Å². The number of nitrogens with two attached hydrogens (primary N) is 1. The molecule has 5 heteroatoms. The highest BCUT2D eigenvalue weighted by Crippen LogP contribution is 2.34. The van der Waals surface area contributed by atoms with Crippen LogP contribution in [0.15, 0.2) is 28.8 Å². The predicted octanol–water partition coefficient (Wildman–Crippen LogP) is 3.50. The second kappa shape index (κ2) is 5.41. The van der Waals surface area contributed by atoms with E-state index in [0.717, 1.165) is 36.8 Å². The quantitative estimate of drug-likeness (QED) is 0.938. The zero-order chi connectivity index (χ0) is 14.9. The molecule has 1 aromatic heterocycles. The largest absolute Gasteiger partial charge is 0.335 e. The van der Waals surface area contributed by atoms with Crippen molar-refractivity contribution in [2.24, 2.45) is 5.73 Å². The van der Waals surface area contributed by atoms with Crippen LogP contribution in [-0.4, -0.2) is 10.1 Å². The second-order valence-corrected chi connectivity index (χ2v) is 5.66. The Balaban J connectivity index is 1.85. The van der Waals surface area contributed by atoms with Crippen molar-refractivity contribution in [2.45, 2.75) is 38.1 Å². The summed E-state index contributed by atoms with van der Waals surface area (Å²) >= 11 is 0. The highest BCUT2D eigenvalue weighted by atomic mass is 19.1. The third-order valence-corrected chi connectivity index (χ3v) is 4.00. The molecule has 0 spiro atoms. The first-order valence-corrected chi connectivity index (χ1v) is 7.14. The molecule has 1 aliphatic carbocycles. The molecule has 1 aromatic carbocycles. The average molecular weight is 287 g/mol. The van der Waals surface area contributed by atoms with E-state index in [4.69, 9.17) is 10.3 Å². The first-order valence-electron chi connectivity index (χ1n) is 7.14. The minimum absolute atomic E-state index is 0.265. The van der Waals surface area contributed by atoms with Gasteiger partial charge in [-0.1, -0.05) is 30.1 Å². The van der Waals surface area contributed by atoms with Crippen molar-refractivity contribution in [3.8, 4) is 0 Å². The molecule has 1 heterocycles. The Morgan fingerprint density at radius 2 is 2.14 bits per heavy atom. The molecule has 1 fully saturated rings. The zero-order valence-corrected chi connectivity index (χ0v) is 12.0. The van der Waals surface area contributed by atoms with E-state index in [1.54, 1.807) is 12.1 Å². The van der Waals surface area contributed by atoms with Gasteiger partial charge < -0.3 is 10.3 Å². The molecule has 0 bridgehead atoms. The maximum absolute atomic E-state index is 13.2. The molecular formula is C16H18FN3O. The predicted molar refractivity (Wildman–Crippen MR) is 78.6 cm³/mol. The summed E-state index contributed by atoms with van der Waals surface area (Å²) < 4.78 is 18.5. The van der Waals surface area contributed by atoms with Crippen LogP contribution in [0.4, 0.5) is 4.39 Å². The topological polar surface area (TPSA) is 64.9 Å². The molecule has 0 aliphatic heterocycles. The number of benzene rings is 1. The van der Waals surface area contributed by atoms with Gasteiger partial charge in [-0.3, -0.25) is 0 Å². The van der Waals surface area contributed by atoms with Gasteiger partial charge >= 0.3 is 0 Å². The number of allylic oxidation sites excluding steroid dienone is 1. The number of hydrogen-bond acceptors (Lipinski definition) is 4. The standard InChI is InChI=1S/C16H18FN3O/c1-11(12-5-4-6-13(17)10-12)9-14-19-15(20-21-14)16(18)7-2-3-8-16/h4-6,9-10H,2-3,7-8,18H2,1H3/b11-9-. The van der Waals surface area contributed by atoms with Crippen LogP contribution < -0.4 is 5.73 Å². The van der Waals surface area contributed by atoms with Crippen LogP contribution in [0.2, 0.25) is 0 Å². The highest BCUT2D eigenvalue weighted by molar-refractivity contribution is 5.77. The maximum atomic E-state index is 13.2.